The highest BCUT2D eigenvalue weighted by Gasteiger charge is 2.25. The Morgan fingerprint density at radius 1 is 1.41 bits per heavy atom. The van der Waals surface area contributed by atoms with Gasteiger partial charge in [-0.25, -0.2) is 18.2 Å². The summed E-state index contributed by atoms with van der Waals surface area (Å²) in [6, 6.07) is 6.48. The Balaban J connectivity index is 2.29. The van der Waals surface area contributed by atoms with Gasteiger partial charge in [0.05, 0.1) is 28.2 Å². The van der Waals surface area contributed by atoms with Crippen molar-refractivity contribution in [3.05, 3.63) is 56.3 Å². The summed E-state index contributed by atoms with van der Waals surface area (Å²) in [5.74, 6) is -1.61. The number of halogens is 5. The van der Waals surface area contributed by atoms with Gasteiger partial charge in [-0.05, 0) is 40.2 Å². The first-order valence-corrected chi connectivity index (χ1v) is 8.58. The predicted molar refractivity (Wildman–Crippen MR) is 97.4 cm³/mol. The molecule has 2 aromatic carbocycles. The number of rotatable bonds is 4. The Hall–Kier alpha value is -2.57. The second-order valence-corrected chi connectivity index (χ2v) is 6.77. The Labute approximate surface area is 164 Å². The molecule has 0 aliphatic heterocycles. The minimum absolute atomic E-state index is 0.0000281. The van der Waals surface area contributed by atoms with Gasteiger partial charge in [0.25, 0.3) is 6.43 Å². The molecule has 0 bridgehead atoms. The van der Waals surface area contributed by atoms with E-state index in [0.717, 1.165) is 16.7 Å². The van der Waals surface area contributed by atoms with Crippen LogP contribution in [0.25, 0.3) is 11.0 Å². The molecule has 10 heteroatoms. The maximum absolute atomic E-state index is 13.5. The van der Waals surface area contributed by atoms with E-state index in [1.807, 2.05) is 6.07 Å². The summed E-state index contributed by atoms with van der Waals surface area (Å²) < 4.78 is 40.4. The highest BCUT2D eigenvalue weighted by Crippen LogP contribution is 2.33. The van der Waals surface area contributed by atoms with Crippen LogP contribution in [0.4, 0.5) is 19.1 Å². The van der Waals surface area contributed by atoms with Gasteiger partial charge in [0.1, 0.15) is 17.4 Å². The fourth-order valence-electron chi connectivity index (χ4n) is 2.71. The topological polar surface area (TPSA) is 84.7 Å². The van der Waals surface area contributed by atoms with Crippen molar-refractivity contribution in [1.29, 1.82) is 5.26 Å². The maximum atomic E-state index is 13.5. The fourth-order valence-corrected chi connectivity index (χ4v) is 3.51. The van der Waals surface area contributed by atoms with Gasteiger partial charge in [0.2, 0.25) is 5.95 Å². The second-order valence-electron chi connectivity index (χ2n) is 5.51. The number of nitrogens with zero attached hydrogens (tertiary/aromatic N) is 3. The average molecular weight is 458 g/mol. The molecule has 1 aromatic heterocycles. The molecule has 1 heterocycles. The van der Waals surface area contributed by atoms with Crippen LogP contribution in [-0.4, -0.2) is 21.8 Å². The molecular weight excluding hydrogens is 449 g/mol. The van der Waals surface area contributed by atoms with E-state index in [0.29, 0.717) is 0 Å². The molecule has 0 saturated heterocycles. The van der Waals surface area contributed by atoms with Crippen molar-refractivity contribution >= 4 is 50.3 Å². The normalized spacial score (nSPS) is 11.1. The maximum Gasteiger partial charge on any atom is 0.256 e. The SMILES string of the molecule is N#Cc1c(C(=O)c2cc(F)ccc2Cl)c(Br)cc2c1nc(N)n2CC(F)F. The summed E-state index contributed by atoms with van der Waals surface area (Å²) in [5, 5.41) is 9.57. The minimum atomic E-state index is -2.69. The van der Waals surface area contributed by atoms with Crippen LogP contribution in [-0.2, 0) is 6.54 Å². The number of aromatic nitrogens is 2. The lowest BCUT2D eigenvalue weighted by molar-refractivity contribution is 0.103. The van der Waals surface area contributed by atoms with E-state index in [-0.39, 0.29) is 43.2 Å². The molecule has 0 saturated carbocycles. The van der Waals surface area contributed by atoms with Crippen molar-refractivity contribution in [2.24, 2.45) is 0 Å². The molecule has 0 amide bonds. The smallest absolute Gasteiger partial charge is 0.256 e. The monoisotopic (exact) mass is 456 g/mol. The molecule has 3 aromatic rings. The van der Waals surface area contributed by atoms with Crippen LogP contribution in [0.2, 0.25) is 5.02 Å². The summed E-state index contributed by atoms with van der Waals surface area (Å²) in [5.41, 5.74) is 5.42. The highest BCUT2D eigenvalue weighted by molar-refractivity contribution is 9.10. The summed E-state index contributed by atoms with van der Waals surface area (Å²) in [6.07, 6.45) is -2.69. The summed E-state index contributed by atoms with van der Waals surface area (Å²) in [7, 11) is 0. The number of anilines is 1. The number of alkyl halides is 2. The molecule has 138 valence electrons. The number of nitriles is 1. The summed E-state index contributed by atoms with van der Waals surface area (Å²) >= 11 is 9.17. The van der Waals surface area contributed by atoms with Crippen LogP contribution in [0.3, 0.4) is 0 Å². The molecule has 0 aliphatic rings. The zero-order valence-corrected chi connectivity index (χ0v) is 15.7. The zero-order valence-electron chi connectivity index (χ0n) is 13.3. The van der Waals surface area contributed by atoms with E-state index in [1.165, 1.54) is 12.1 Å². The molecule has 0 aliphatic carbocycles. The Kier molecular flexibility index (Phi) is 5.13. The number of carbonyl (C=O) groups is 1. The number of hydrogen-bond acceptors (Lipinski definition) is 4. The Morgan fingerprint density at radius 2 is 2.11 bits per heavy atom. The van der Waals surface area contributed by atoms with E-state index in [4.69, 9.17) is 17.3 Å². The molecule has 0 spiro atoms. The zero-order chi connectivity index (χ0) is 19.9. The Bertz CT molecular complexity index is 1120. The number of hydrogen-bond donors (Lipinski definition) is 1. The molecule has 0 fully saturated rings. The van der Waals surface area contributed by atoms with E-state index in [9.17, 15) is 23.2 Å². The van der Waals surface area contributed by atoms with Crippen LogP contribution in [0.1, 0.15) is 21.5 Å². The number of nitrogens with two attached hydrogens (primary N) is 1. The number of ketones is 1. The summed E-state index contributed by atoms with van der Waals surface area (Å²) in [4.78, 5) is 16.9. The fraction of sp³-hybridized carbons (Fsp3) is 0.118. The van der Waals surface area contributed by atoms with Crippen molar-refractivity contribution in [3.8, 4) is 6.07 Å². The van der Waals surface area contributed by atoms with E-state index in [2.05, 4.69) is 20.9 Å². The summed E-state index contributed by atoms with van der Waals surface area (Å²) in [6.45, 7) is -0.720. The molecule has 27 heavy (non-hydrogen) atoms. The molecule has 3 rings (SSSR count). The van der Waals surface area contributed by atoms with Crippen LogP contribution in [0.15, 0.2) is 28.7 Å². The van der Waals surface area contributed by atoms with Crippen LogP contribution >= 0.6 is 27.5 Å². The lowest BCUT2D eigenvalue weighted by atomic mass is 9.97. The van der Waals surface area contributed by atoms with Crippen molar-refractivity contribution in [3.63, 3.8) is 0 Å². The highest BCUT2D eigenvalue weighted by atomic mass is 79.9. The van der Waals surface area contributed by atoms with Crippen molar-refractivity contribution in [1.82, 2.24) is 9.55 Å². The molecule has 0 unspecified atom stereocenters. The number of imidazole rings is 1. The Morgan fingerprint density at radius 3 is 2.74 bits per heavy atom. The van der Waals surface area contributed by atoms with Crippen LogP contribution < -0.4 is 5.73 Å². The van der Waals surface area contributed by atoms with Gasteiger partial charge in [-0.1, -0.05) is 11.6 Å². The van der Waals surface area contributed by atoms with Gasteiger partial charge < -0.3 is 10.3 Å². The molecular formula is C17H9BrClF3N4O. The number of fused-ring (bicyclic) bond motifs is 1. The first-order chi connectivity index (χ1) is 12.7. The van der Waals surface area contributed by atoms with Crippen molar-refractivity contribution in [2.45, 2.75) is 13.0 Å². The first kappa shape index (κ1) is 19.2. The van der Waals surface area contributed by atoms with E-state index >= 15 is 0 Å². The molecule has 0 radical (unpaired) electrons. The molecule has 2 N–H and O–H groups in total. The quantitative estimate of drug-likeness (QED) is 0.583. The van der Waals surface area contributed by atoms with Gasteiger partial charge in [-0.15, -0.1) is 0 Å². The third-order valence-corrected chi connectivity index (χ3v) is 4.81. The predicted octanol–water partition coefficient (Wildman–Crippen LogP) is 4.54. The largest absolute Gasteiger partial charge is 0.369 e. The van der Waals surface area contributed by atoms with Gasteiger partial charge in [0, 0.05) is 10.0 Å². The molecule has 5 nitrogen and oxygen atoms in total. The minimum Gasteiger partial charge on any atom is -0.369 e. The first-order valence-electron chi connectivity index (χ1n) is 7.40. The van der Waals surface area contributed by atoms with Crippen LogP contribution in [0.5, 0.6) is 0 Å². The lowest BCUT2D eigenvalue weighted by Crippen LogP contribution is -2.10. The van der Waals surface area contributed by atoms with Crippen molar-refractivity contribution < 1.29 is 18.0 Å². The van der Waals surface area contributed by atoms with Crippen LogP contribution in [0, 0.1) is 17.1 Å². The van der Waals surface area contributed by atoms with Gasteiger partial charge in [-0.3, -0.25) is 4.79 Å². The average Bonchev–Trinajstić information content (AvgIpc) is 2.90. The number of carbonyl (C=O) groups excluding carboxylic acids is 1. The standard InChI is InChI=1S/C17H9BrClF3N4O/c18-10-4-12-15(25-17(24)26(12)6-13(21)22)9(5-23)14(10)16(27)8-3-7(20)1-2-11(8)19/h1-4,13H,6H2,(H2,24,25). The number of benzene rings is 2. The van der Waals surface area contributed by atoms with Gasteiger partial charge >= 0.3 is 0 Å². The second kappa shape index (κ2) is 7.21. The van der Waals surface area contributed by atoms with Crippen molar-refractivity contribution in [2.75, 3.05) is 5.73 Å². The van der Waals surface area contributed by atoms with E-state index < -0.39 is 24.6 Å². The lowest BCUT2D eigenvalue weighted by Gasteiger charge is -2.10. The third-order valence-electron chi connectivity index (χ3n) is 3.86. The third kappa shape index (κ3) is 3.38. The number of nitrogen functional groups attached to an aromatic ring is 1. The van der Waals surface area contributed by atoms with E-state index in [1.54, 1.807) is 0 Å². The molecule has 0 atom stereocenters. The van der Waals surface area contributed by atoms with Gasteiger partial charge in [-0.2, -0.15) is 5.26 Å². The van der Waals surface area contributed by atoms with Gasteiger partial charge in [0.15, 0.2) is 5.78 Å².